The molecule has 0 aromatic heterocycles. The van der Waals surface area contributed by atoms with Crippen LogP contribution in [0.4, 0.5) is 0 Å². The Kier molecular flexibility index (Phi) is 3.23. The lowest BCUT2D eigenvalue weighted by atomic mass is 9.93. The van der Waals surface area contributed by atoms with Crippen LogP contribution >= 0.6 is 0 Å². The van der Waals surface area contributed by atoms with Gasteiger partial charge in [0.05, 0.1) is 6.10 Å². The first-order chi connectivity index (χ1) is 6.38. The Morgan fingerprint density at radius 1 is 0.923 bits per heavy atom. The molecular formula is C11H21NO. The molecule has 1 saturated carbocycles. The lowest BCUT2D eigenvalue weighted by molar-refractivity contribution is 0.108. The summed E-state index contributed by atoms with van der Waals surface area (Å²) in [7, 11) is 0. The average molecular weight is 183 g/mol. The van der Waals surface area contributed by atoms with Crippen LogP contribution in [0.1, 0.15) is 44.9 Å². The fraction of sp³-hybridized carbons (Fsp3) is 1.00. The lowest BCUT2D eigenvalue weighted by Crippen LogP contribution is -2.39. The molecule has 2 aliphatic rings. The van der Waals surface area contributed by atoms with E-state index < -0.39 is 0 Å². The van der Waals surface area contributed by atoms with Crippen molar-refractivity contribution >= 4 is 0 Å². The second-order valence-corrected chi connectivity index (χ2v) is 4.57. The molecule has 0 spiro atoms. The van der Waals surface area contributed by atoms with Gasteiger partial charge in [0.15, 0.2) is 0 Å². The van der Waals surface area contributed by atoms with E-state index in [1.165, 1.54) is 38.5 Å². The van der Waals surface area contributed by atoms with E-state index in [1.54, 1.807) is 0 Å². The molecule has 1 aliphatic heterocycles. The van der Waals surface area contributed by atoms with Gasteiger partial charge in [-0.2, -0.15) is 0 Å². The van der Waals surface area contributed by atoms with Crippen LogP contribution in [0.15, 0.2) is 0 Å². The summed E-state index contributed by atoms with van der Waals surface area (Å²) in [5.74, 6) is 0.554. The monoisotopic (exact) mass is 183 g/mol. The topological polar surface area (TPSA) is 32.3 Å². The largest absolute Gasteiger partial charge is 0.393 e. The standard InChI is InChI=1S/C11H21NO/c13-11-7-4-5-9(11)10-6-2-1-3-8-12-10/h9-13H,1-8H2. The number of hydrogen-bond donors (Lipinski definition) is 2. The van der Waals surface area contributed by atoms with Gasteiger partial charge >= 0.3 is 0 Å². The van der Waals surface area contributed by atoms with Gasteiger partial charge in [0.2, 0.25) is 0 Å². The molecule has 1 saturated heterocycles. The zero-order chi connectivity index (χ0) is 9.10. The lowest BCUT2D eigenvalue weighted by Gasteiger charge is -2.25. The minimum absolute atomic E-state index is 0.0180. The smallest absolute Gasteiger partial charge is 0.0583 e. The van der Waals surface area contributed by atoms with Crippen molar-refractivity contribution in [2.75, 3.05) is 6.54 Å². The molecule has 3 atom stereocenters. The molecule has 76 valence electrons. The number of rotatable bonds is 1. The van der Waals surface area contributed by atoms with Crippen LogP contribution in [0.2, 0.25) is 0 Å². The van der Waals surface area contributed by atoms with E-state index in [2.05, 4.69) is 5.32 Å². The Labute approximate surface area is 80.7 Å². The van der Waals surface area contributed by atoms with Crippen LogP contribution < -0.4 is 5.32 Å². The first kappa shape index (κ1) is 9.47. The van der Waals surface area contributed by atoms with Crippen molar-refractivity contribution in [2.45, 2.75) is 57.1 Å². The number of aliphatic hydroxyl groups is 1. The second-order valence-electron chi connectivity index (χ2n) is 4.57. The molecule has 3 unspecified atom stereocenters. The molecule has 2 heteroatoms. The third kappa shape index (κ3) is 2.23. The van der Waals surface area contributed by atoms with Gasteiger partial charge in [-0.25, -0.2) is 0 Å². The maximum Gasteiger partial charge on any atom is 0.0583 e. The van der Waals surface area contributed by atoms with E-state index in [9.17, 15) is 5.11 Å². The highest BCUT2D eigenvalue weighted by atomic mass is 16.3. The second kappa shape index (κ2) is 4.43. The molecule has 1 heterocycles. The van der Waals surface area contributed by atoms with Crippen molar-refractivity contribution < 1.29 is 5.11 Å². The van der Waals surface area contributed by atoms with E-state index in [1.807, 2.05) is 0 Å². The maximum absolute atomic E-state index is 9.79. The number of hydrogen-bond acceptors (Lipinski definition) is 2. The zero-order valence-corrected chi connectivity index (χ0v) is 8.34. The number of nitrogens with one attached hydrogen (secondary N) is 1. The maximum atomic E-state index is 9.79. The summed E-state index contributed by atoms with van der Waals surface area (Å²) in [4.78, 5) is 0. The first-order valence-electron chi connectivity index (χ1n) is 5.79. The molecule has 0 aromatic carbocycles. The molecule has 1 aliphatic carbocycles. The fourth-order valence-electron chi connectivity index (χ4n) is 2.86. The van der Waals surface area contributed by atoms with Crippen molar-refractivity contribution in [1.82, 2.24) is 5.32 Å². The predicted octanol–water partition coefficient (Wildman–Crippen LogP) is 1.68. The molecule has 2 rings (SSSR count). The van der Waals surface area contributed by atoms with Crippen LogP contribution in [0.25, 0.3) is 0 Å². The van der Waals surface area contributed by atoms with Gasteiger partial charge < -0.3 is 10.4 Å². The molecule has 2 N–H and O–H groups in total. The molecule has 0 amide bonds. The van der Waals surface area contributed by atoms with Crippen LogP contribution in [0, 0.1) is 5.92 Å². The van der Waals surface area contributed by atoms with Gasteiger partial charge in [-0.15, -0.1) is 0 Å². The van der Waals surface area contributed by atoms with E-state index in [0.29, 0.717) is 12.0 Å². The van der Waals surface area contributed by atoms with E-state index in [4.69, 9.17) is 0 Å². The Balaban J connectivity index is 1.89. The Bertz CT molecular complexity index is 152. The van der Waals surface area contributed by atoms with Gasteiger partial charge in [-0.3, -0.25) is 0 Å². The summed E-state index contributed by atoms with van der Waals surface area (Å²) in [5.41, 5.74) is 0. The molecular weight excluding hydrogens is 162 g/mol. The van der Waals surface area contributed by atoms with Crippen LogP contribution in [-0.4, -0.2) is 23.8 Å². The average Bonchev–Trinajstić information content (AvgIpc) is 2.43. The molecule has 0 aromatic rings. The van der Waals surface area contributed by atoms with Gasteiger partial charge in [-0.1, -0.05) is 19.3 Å². The van der Waals surface area contributed by atoms with E-state index >= 15 is 0 Å². The predicted molar refractivity (Wildman–Crippen MR) is 53.6 cm³/mol. The normalized spacial score (nSPS) is 41.8. The van der Waals surface area contributed by atoms with Gasteiger partial charge in [0, 0.05) is 12.0 Å². The minimum atomic E-state index is -0.0180. The molecule has 13 heavy (non-hydrogen) atoms. The summed E-state index contributed by atoms with van der Waals surface area (Å²) in [6, 6.07) is 0.611. The Morgan fingerprint density at radius 2 is 1.85 bits per heavy atom. The first-order valence-corrected chi connectivity index (χ1v) is 5.79. The molecule has 2 nitrogen and oxygen atoms in total. The van der Waals surface area contributed by atoms with Crippen molar-refractivity contribution in [3.8, 4) is 0 Å². The summed E-state index contributed by atoms with van der Waals surface area (Å²) in [6.45, 7) is 1.16. The van der Waals surface area contributed by atoms with Crippen molar-refractivity contribution in [2.24, 2.45) is 5.92 Å². The molecule has 0 bridgehead atoms. The van der Waals surface area contributed by atoms with Crippen molar-refractivity contribution in [3.05, 3.63) is 0 Å². The Hall–Kier alpha value is -0.0800. The third-order valence-electron chi connectivity index (χ3n) is 3.65. The Morgan fingerprint density at radius 3 is 2.62 bits per heavy atom. The summed E-state index contributed by atoms with van der Waals surface area (Å²) in [6.07, 6.45) is 8.79. The summed E-state index contributed by atoms with van der Waals surface area (Å²) >= 11 is 0. The highest BCUT2D eigenvalue weighted by Gasteiger charge is 2.32. The van der Waals surface area contributed by atoms with Crippen LogP contribution in [0.3, 0.4) is 0 Å². The van der Waals surface area contributed by atoms with E-state index in [0.717, 1.165) is 13.0 Å². The van der Waals surface area contributed by atoms with E-state index in [-0.39, 0.29) is 6.10 Å². The zero-order valence-electron chi connectivity index (χ0n) is 8.34. The van der Waals surface area contributed by atoms with Crippen molar-refractivity contribution in [1.29, 1.82) is 0 Å². The van der Waals surface area contributed by atoms with Gasteiger partial charge in [0.25, 0.3) is 0 Å². The fourth-order valence-corrected chi connectivity index (χ4v) is 2.86. The highest BCUT2D eigenvalue weighted by molar-refractivity contribution is 4.87. The summed E-state index contributed by atoms with van der Waals surface area (Å²) in [5, 5.41) is 13.4. The highest BCUT2D eigenvalue weighted by Crippen LogP contribution is 2.31. The number of aliphatic hydroxyl groups excluding tert-OH is 1. The molecule has 2 fully saturated rings. The summed E-state index contributed by atoms with van der Waals surface area (Å²) < 4.78 is 0. The van der Waals surface area contributed by atoms with Crippen LogP contribution in [-0.2, 0) is 0 Å². The quantitative estimate of drug-likeness (QED) is 0.648. The van der Waals surface area contributed by atoms with Gasteiger partial charge in [-0.05, 0) is 32.2 Å². The SMILES string of the molecule is OC1CCCC1C1CCCCCN1. The minimum Gasteiger partial charge on any atom is -0.393 e. The van der Waals surface area contributed by atoms with Crippen LogP contribution in [0.5, 0.6) is 0 Å². The van der Waals surface area contributed by atoms with Gasteiger partial charge in [0.1, 0.15) is 0 Å². The third-order valence-corrected chi connectivity index (χ3v) is 3.65. The molecule has 0 radical (unpaired) electrons. The van der Waals surface area contributed by atoms with Crippen molar-refractivity contribution in [3.63, 3.8) is 0 Å².